The van der Waals surface area contributed by atoms with Crippen LogP contribution in [0.5, 0.6) is 0 Å². The zero-order chi connectivity index (χ0) is 11.7. The van der Waals surface area contributed by atoms with E-state index in [-0.39, 0.29) is 11.8 Å². The molecule has 1 aromatic rings. The molecule has 86 valence electrons. The lowest BCUT2D eigenvalue weighted by Gasteiger charge is -2.29. The predicted octanol–water partition coefficient (Wildman–Crippen LogP) is 3.00. The second kappa shape index (κ2) is 4.60. The van der Waals surface area contributed by atoms with Gasteiger partial charge >= 0.3 is 0 Å². The molecule has 0 aromatic heterocycles. The maximum absolute atomic E-state index is 13.8. The van der Waals surface area contributed by atoms with Crippen LogP contribution in [0.4, 0.5) is 10.1 Å². The molecule has 0 spiro atoms. The monoisotopic (exact) mass is 261 g/mol. The molecule has 0 radical (unpaired) electrons. The fourth-order valence-electron chi connectivity index (χ4n) is 1.97. The Labute approximate surface area is 103 Å². The van der Waals surface area contributed by atoms with Gasteiger partial charge in [0.2, 0.25) is 5.91 Å². The molecule has 16 heavy (non-hydrogen) atoms. The molecule has 1 aliphatic rings. The summed E-state index contributed by atoms with van der Waals surface area (Å²) in [4.78, 5) is 13.0. The molecule has 2 nitrogen and oxygen atoms in total. The SMILES string of the molecule is O=C(CCl)N1CCCc2cc(Cl)cc(F)c21. The third-order valence-corrected chi connectivity index (χ3v) is 3.07. The molecule has 1 aromatic carbocycles. The molecule has 1 heterocycles. The zero-order valence-corrected chi connectivity index (χ0v) is 9.98. The first kappa shape index (κ1) is 11.7. The van der Waals surface area contributed by atoms with Crippen LogP contribution in [0.1, 0.15) is 12.0 Å². The Bertz CT molecular complexity index is 436. The van der Waals surface area contributed by atoms with Gasteiger partial charge in [-0.25, -0.2) is 4.39 Å². The van der Waals surface area contributed by atoms with Gasteiger partial charge in [-0.2, -0.15) is 0 Å². The summed E-state index contributed by atoms with van der Waals surface area (Å²) in [6, 6.07) is 2.92. The van der Waals surface area contributed by atoms with Crippen LogP contribution in [0, 0.1) is 5.82 Å². The summed E-state index contributed by atoms with van der Waals surface area (Å²) in [5, 5.41) is 0.358. The Morgan fingerprint density at radius 1 is 1.50 bits per heavy atom. The number of hydrogen-bond donors (Lipinski definition) is 0. The second-order valence-electron chi connectivity index (χ2n) is 3.68. The van der Waals surface area contributed by atoms with Crippen molar-refractivity contribution in [2.75, 3.05) is 17.3 Å². The van der Waals surface area contributed by atoms with Crippen molar-refractivity contribution in [2.45, 2.75) is 12.8 Å². The summed E-state index contributed by atoms with van der Waals surface area (Å²) in [6.07, 6.45) is 1.54. The Balaban J connectivity index is 2.49. The van der Waals surface area contributed by atoms with E-state index in [1.807, 2.05) is 0 Å². The van der Waals surface area contributed by atoms with Gasteiger partial charge in [0.1, 0.15) is 11.7 Å². The lowest BCUT2D eigenvalue weighted by molar-refractivity contribution is -0.116. The number of carbonyl (C=O) groups excluding carboxylic acids is 1. The molecule has 0 saturated heterocycles. The molecule has 0 atom stereocenters. The van der Waals surface area contributed by atoms with Gasteiger partial charge < -0.3 is 4.90 Å². The number of fused-ring (bicyclic) bond motifs is 1. The minimum atomic E-state index is -0.458. The molecule has 1 aliphatic heterocycles. The highest BCUT2D eigenvalue weighted by atomic mass is 35.5. The van der Waals surface area contributed by atoms with E-state index >= 15 is 0 Å². The van der Waals surface area contributed by atoms with E-state index < -0.39 is 5.82 Å². The van der Waals surface area contributed by atoms with E-state index in [1.165, 1.54) is 11.0 Å². The largest absolute Gasteiger partial charge is 0.308 e. The first-order valence-electron chi connectivity index (χ1n) is 4.97. The highest BCUT2D eigenvalue weighted by Crippen LogP contribution is 2.32. The molecule has 0 N–H and O–H groups in total. The van der Waals surface area contributed by atoms with E-state index in [4.69, 9.17) is 23.2 Å². The lowest BCUT2D eigenvalue weighted by Crippen LogP contribution is -2.37. The molecule has 5 heteroatoms. The topological polar surface area (TPSA) is 20.3 Å². The Kier molecular flexibility index (Phi) is 3.36. The normalized spacial score (nSPS) is 14.8. The maximum Gasteiger partial charge on any atom is 0.241 e. The molecular weight excluding hydrogens is 252 g/mol. The number of aryl methyl sites for hydroxylation is 1. The Hall–Kier alpha value is -0.800. The highest BCUT2D eigenvalue weighted by molar-refractivity contribution is 6.31. The minimum Gasteiger partial charge on any atom is -0.308 e. The molecule has 0 fully saturated rings. The number of alkyl halides is 1. The summed E-state index contributed by atoms with van der Waals surface area (Å²) in [5.74, 6) is -0.869. The van der Waals surface area contributed by atoms with Crippen molar-refractivity contribution < 1.29 is 9.18 Å². The van der Waals surface area contributed by atoms with Crippen molar-refractivity contribution >= 4 is 34.8 Å². The minimum absolute atomic E-state index is 0.137. The number of benzene rings is 1. The fraction of sp³-hybridized carbons (Fsp3) is 0.364. The van der Waals surface area contributed by atoms with Crippen LogP contribution in [0.2, 0.25) is 5.02 Å². The quantitative estimate of drug-likeness (QED) is 0.712. The average Bonchev–Trinajstić information content (AvgIpc) is 2.26. The Morgan fingerprint density at radius 3 is 2.94 bits per heavy atom. The third kappa shape index (κ3) is 2.02. The summed E-state index contributed by atoms with van der Waals surface area (Å²) < 4.78 is 13.8. The number of rotatable bonds is 1. The molecule has 0 bridgehead atoms. The van der Waals surface area contributed by atoms with Crippen molar-refractivity contribution in [3.8, 4) is 0 Å². The molecular formula is C11H10Cl2FNO. The molecule has 2 rings (SSSR count). The summed E-state index contributed by atoms with van der Waals surface area (Å²) in [7, 11) is 0. The van der Waals surface area contributed by atoms with Gasteiger partial charge in [-0.05, 0) is 30.5 Å². The number of carbonyl (C=O) groups is 1. The van der Waals surface area contributed by atoms with Crippen LogP contribution in [-0.2, 0) is 11.2 Å². The van der Waals surface area contributed by atoms with Gasteiger partial charge in [0.25, 0.3) is 0 Å². The number of halogens is 3. The molecule has 1 amide bonds. The smallest absolute Gasteiger partial charge is 0.241 e. The predicted molar refractivity (Wildman–Crippen MR) is 62.8 cm³/mol. The van der Waals surface area contributed by atoms with E-state index in [1.54, 1.807) is 6.07 Å². The van der Waals surface area contributed by atoms with Crippen molar-refractivity contribution in [2.24, 2.45) is 0 Å². The van der Waals surface area contributed by atoms with E-state index in [0.717, 1.165) is 18.4 Å². The summed E-state index contributed by atoms with van der Waals surface area (Å²) >= 11 is 11.3. The summed E-state index contributed by atoms with van der Waals surface area (Å²) in [5.41, 5.74) is 1.11. The average molecular weight is 262 g/mol. The standard InChI is InChI=1S/C11H10Cl2FNO/c12-6-10(16)15-3-1-2-7-4-8(13)5-9(14)11(7)15/h4-5H,1-3,6H2. The van der Waals surface area contributed by atoms with Crippen molar-refractivity contribution in [3.05, 3.63) is 28.5 Å². The Morgan fingerprint density at radius 2 is 2.25 bits per heavy atom. The van der Waals surface area contributed by atoms with Crippen molar-refractivity contribution in [1.29, 1.82) is 0 Å². The van der Waals surface area contributed by atoms with E-state index in [9.17, 15) is 9.18 Å². The van der Waals surface area contributed by atoms with Crippen LogP contribution in [0.15, 0.2) is 12.1 Å². The molecule has 0 saturated carbocycles. The van der Waals surface area contributed by atoms with Crippen molar-refractivity contribution in [3.63, 3.8) is 0 Å². The first-order valence-corrected chi connectivity index (χ1v) is 5.89. The first-order chi connectivity index (χ1) is 7.63. The number of hydrogen-bond acceptors (Lipinski definition) is 1. The van der Waals surface area contributed by atoms with Gasteiger partial charge in [-0.1, -0.05) is 11.6 Å². The van der Waals surface area contributed by atoms with Gasteiger partial charge in [-0.3, -0.25) is 4.79 Å². The third-order valence-electron chi connectivity index (χ3n) is 2.62. The fourth-order valence-corrected chi connectivity index (χ4v) is 2.34. The number of amides is 1. The molecule has 0 aliphatic carbocycles. The number of anilines is 1. The molecule has 0 unspecified atom stereocenters. The summed E-state index contributed by atoms with van der Waals surface area (Å²) in [6.45, 7) is 0.511. The van der Waals surface area contributed by atoms with Crippen LogP contribution in [0.3, 0.4) is 0 Å². The lowest BCUT2D eigenvalue weighted by atomic mass is 10.0. The van der Waals surface area contributed by atoms with Crippen LogP contribution in [0.25, 0.3) is 0 Å². The van der Waals surface area contributed by atoms with Gasteiger partial charge in [0.15, 0.2) is 0 Å². The van der Waals surface area contributed by atoms with E-state index in [0.29, 0.717) is 17.3 Å². The zero-order valence-electron chi connectivity index (χ0n) is 8.47. The number of nitrogens with zero attached hydrogens (tertiary/aromatic N) is 1. The maximum atomic E-state index is 13.8. The highest BCUT2D eigenvalue weighted by Gasteiger charge is 2.25. The van der Waals surface area contributed by atoms with Crippen LogP contribution in [-0.4, -0.2) is 18.3 Å². The second-order valence-corrected chi connectivity index (χ2v) is 4.38. The van der Waals surface area contributed by atoms with Crippen LogP contribution >= 0.6 is 23.2 Å². The van der Waals surface area contributed by atoms with Crippen molar-refractivity contribution in [1.82, 2.24) is 0 Å². The van der Waals surface area contributed by atoms with Gasteiger partial charge in [0, 0.05) is 11.6 Å². The van der Waals surface area contributed by atoms with Crippen LogP contribution < -0.4 is 4.90 Å². The van der Waals surface area contributed by atoms with Gasteiger partial charge in [-0.15, -0.1) is 11.6 Å². The van der Waals surface area contributed by atoms with Gasteiger partial charge in [0.05, 0.1) is 5.69 Å². The van der Waals surface area contributed by atoms with E-state index in [2.05, 4.69) is 0 Å².